The number of ether oxygens (including phenoxy) is 1. The Morgan fingerprint density at radius 1 is 0.824 bits per heavy atom. The van der Waals surface area contributed by atoms with Crippen LogP contribution in [0.25, 0.3) is 0 Å². The Morgan fingerprint density at radius 3 is 2.35 bits per heavy atom. The zero-order valence-corrected chi connectivity index (χ0v) is 19.2. The second kappa shape index (κ2) is 11.4. The van der Waals surface area contributed by atoms with Crippen LogP contribution in [-0.4, -0.2) is 30.5 Å². The minimum Gasteiger partial charge on any atom is -0.483 e. The average Bonchev–Trinajstić information content (AvgIpc) is 2.80. The second-order valence-corrected chi connectivity index (χ2v) is 7.70. The normalized spacial score (nSPS) is 10.6. The van der Waals surface area contributed by atoms with Crippen molar-refractivity contribution < 1.29 is 19.1 Å². The van der Waals surface area contributed by atoms with Crippen LogP contribution in [0.15, 0.2) is 71.8 Å². The van der Waals surface area contributed by atoms with Gasteiger partial charge in [-0.2, -0.15) is 5.10 Å². The van der Waals surface area contributed by atoms with E-state index in [2.05, 4.69) is 21.2 Å². The van der Waals surface area contributed by atoms with E-state index in [-0.39, 0.29) is 12.5 Å². The van der Waals surface area contributed by atoms with Crippen molar-refractivity contribution in [2.24, 2.45) is 5.10 Å². The van der Waals surface area contributed by atoms with Gasteiger partial charge in [0.25, 0.3) is 5.91 Å². The molecule has 3 aromatic carbocycles. The molecule has 0 fully saturated rings. The highest BCUT2D eigenvalue weighted by Gasteiger charge is 2.13. The van der Waals surface area contributed by atoms with E-state index in [1.807, 2.05) is 45.0 Å². The molecule has 0 radical (unpaired) electrons. The number of anilines is 2. The first kappa shape index (κ1) is 24.2. The van der Waals surface area contributed by atoms with Gasteiger partial charge < -0.3 is 15.4 Å². The SMILES string of the molecule is Cc1cccc(NC(=O)COc2ccccc2/C=N\NC(=O)C(=O)Nc2ccc(C)c(C)c2)c1. The van der Waals surface area contributed by atoms with Crippen LogP contribution in [0, 0.1) is 20.8 Å². The van der Waals surface area contributed by atoms with E-state index >= 15 is 0 Å². The van der Waals surface area contributed by atoms with Crippen molar-refractivity contribution >= 4 is 35.3 Å². The number of nitrogens with one attached hydrogen (secondary N) is 3. The first-order valence-corrected chi connectivity index (χ1v) is 10.6. The number of nitrogens with zero attached hydrogens (tertiary/aromatic N) is 1. The molecule has 3 amide bonds. The van der Waals surface area contributed by atoms with Gasteiger partial charge in [-0.1, -0.05) is 30.3 Å². The molecule has 8 nitrogen and oxygen atoms in total. The number of para-hydroxylation sites is 1. The molecule has 3 N–H and O–H groups in total. The topological polar surface area (TPSA) is 109 Å². The van der Waals surface area contributed by atoms with Crippen LogP contribution in [-0.2, 0) is 14.4 Å². The summed E-state index contributed by atoms with van der Waals surface area (Å²) in [5, 5.41) is 9.14. The minimum atomic E-state index is -0.912. The van der Waals surface area contributed by atoms with Gasteiger partial charge in [0.2, 0.25) is 0 Å². The molecule has 0 saturated heterocycles. The van der Waals surface area contributed by atoms with Gasteiger partial charge >= 0.3 is 11.8 Å². The van der Waals surface area contributed by atoms with Gasteiger partial charge in [0.1, 0.15) is 5.75 Å². The lowest BCUT2D eigenvalue weighted by atomic mass is 10.1. The molecule has 0 aliphatic heterocycles. The smallest absolute Gasteiger partial charge is 0.329 e. The molecule has 0 atom stereocenters. The van der Waals surface area contributed by atoms with E-state index < -0.39 is 11.8 Å². The number of rotatable bonds is 7. The van der Waals surface area contributed by atoms with E-state index in [0.29, 0.717) is 22.7 Å². The molecule has 0 spiro atoms. The first-order chi connectivity index (χ1) is 16.3. The Labute approximate surface area is 198 Å². The minimum absolute atomic E-state index is 0.205. The fraction of sp³-hybridized carbons (Fsp3) is 0.154. The highest BCUT2D eigenvalue weighted by atomic mass is 16.5. The van der Waals surface area contributed by atoms with Crippen molar-refractivity contribution in [3.8, 4) is 5.75 Å². The fourth-order valence-electron chi connectivity index (χ4n) is 3.00. The molecule has 0 aliphatic rings. The van der Waals surface area contributed by atoms with Crippen LogP contribution in [0.5, 0.6) is 5.75 Å². The molecule has 0 aromatic heterocycles. The lowest BCUT2D eigenvalue weighted by Gasteiger charge is -2.10. The van der Waals surface area contributed by atoms with Gasteiger partial charge in [0, 0.05) is 16.9 Å². The first-order valence-electron chi connectivity index (χ1n) is 10.6. The maximum absolute atomic E-state index is 12.2. The van der Waals surface area contributed by atoms with Crippen LogP contribution in [0.3, 0.4) is 0 Å². The van der Waals surface area contributed by atoms with Crippen molar-refractivity contribution in [2.45, 2.75) is 20.8 Å². The Morgan fingerprint density at radius 2 is 1.59 bits per heavy atom. The van der Waals surface area contributed by atoms with Crippen LogP contribution in [0.1, 0.15) is 22.3 Å². The van der Waals surface area contributed by atoms with E-state index in [1.165, 1.54) is 6.21 Å². The number of benzene rings is 3. The number of aryl methyl sites for hydroxylation is 3. The summed E-state index contributed by atoms with van der Waals surface area (Å²) >= 11 is 0. The summed E-state index contributed by atoms with van der Waals surface area (Å²) in [5.74, 6) is -1.66. The molecule has 174 valence electrons. The second-order valence-electron chi connectivity index (χ2n) is 7.70. The summed E-state index contributed by atoms with van der Waals surface area (Å²) in [6.45, 7) is 5.61. The van der Waals surface area contributed by atoms with E-state index in [9.17, 15) is 14.4 Å². The lowest BCUT2D eigenvalue weighted by molar-refractivity contribution is -0.136. The Hall–Kier alpha value is -4.46. The van der Waals surface area contributed by atoms with E-state index in [0.717, 1.165) is 16.7 Å². The Bertz CT molecular complexity index is 1240. The van der Waals surface area contributed by atoms with Gasteiger partial charge in [0.15, 0.2) is 6.61 Å². The number of hydrazone groups is 1. The molecular weight excluding hydrogens is 432 g/mol. The molecule has 34 heavy (non-hydrogen) atoms. The van der Waals surface area contributed by atoms with Crippen LogP contribution < -0.4 is 20.8 Å². The quantitative estimate of drug-likeness (QED) is 0.285. The largest absolute Gasteiger partial charge is 0.483 e. The summed E-state index contributed by atoms with van der Waals surface area (Å²) in [4.78, 5) is 36.4. The van der Waals surface area contributed by atoms with Crippen molar-refractivity contribution in [3.63, 3.8) is 0 Å². The third kappa shape index (κ3) is 7.03. The summed E-state index contributed by atoms with van der Waals surface area (Å²) < 4.78 is 5.61. The Kier molecular flexibility index (Phi) is 8.12. The van der Waals surface area contributed by atoms with Crippen LogP contribution >= 0.6 is 0 Å². The van der Waals surface area contributed by atoms with Crippen molar-refractivity contribution in [1.29, 1.82) is 0 Å². The molecule has 0 aliphatic carbocycles. The zero-order valence-electron chi connectivity index (χ0n) is 19.2. The van der Waals surface area contributed by atoms with Gasteiger partial charge in [-0.05, 0) is 73.9 Å². The molecule has 3 aromatic rings. The van der Waals surface area contributed by atoms with Crippen molar-refractivity contribution in [3.05, 3.63) is 89.0 Å². The number of hydrogen-bond acceptors (Lipinski definition) is 5. The molecule has 0 heterocycles. The van der Waals surface area contributed by atoms with Gasteiger partial charge in [-0.25, -0.2) is 5.43 Å². The highest BCUT2D eigenvalue weighted by molar-refractivity contribution is 6.39. The molecule has 3 rings (SSSR count). The number of carbonyl (C=O) groups excluding carboxylic acids is 3. The molecular formula is C26H26N4O4. The molecule has 8 heteroatoms. The fourth-order valence-corrected chi connectivity index (χ4v) is 3.00. The van der Waals surface area contributed by atoms with E-state index in [1.54, 1.807) is 42.5 Å². The van der Waals surface area contributed by atoms with Crippen molar-refractivity contribution in [2.75, 3.05) is 17.2 Å². The third-order valence-corrected chi connectivity index (χ3v) is 4.92. The maximum Gasteiger partial charge on any atom is 0.329 e. The number of hydrogen-bond donors (Lipinski definition) is 3. The number of amides is 3. The summed E-state index contributed by atoms with van der Waals surface area (Å²) in [5.41, 5.74) is 7.04. The zero-order chi connectivity index (χ0) is 24.5. The van der Waals surface area contributed by atoms with Gasteiger partial charge in [-0.3, -0.25) is 14.4 Å². The molecule has 0 bridgehead atoms. The number of carbonyl (C=O) groups is 3. The monoisotopic (exact) mass is 458 g/mol. The third-order valence-electron chi connectivity index (χ3n) is 4.92. The van der Waals surface area contributed by atoms with Crippen molar-refractivity contribution in [1.82, 2.24) is 5.43 Å². The molecule has 0 unspecified atom stereocenters. The average molecular weight is 459 g/mol. The Balaban J connectivity index is 1.53. The lowest BCUT2D eigenvalue weighted by Crippen LogP contribution is -2.32. The maximum atomic E-state index is 12.2. The van der Waals surface area contributed by atoms with Gasteiger partial charge in [-0.15, -0.1) is 0 Å². The van der Waals surface area contributed by atoms with E-state index in [4.69, 9.17) is 4.74 Å². The van der Waals surface area contributed by atoms with Gasteiger partial charge in [0.05, 0.1) is 6.21 Å². The van der Waals surface area contributed by atoms with Crippen LogP contribution in [0.4, 0.5) is 11.4 Å². The standard InChI is InChI=1S/C26H26N4O4/c1-17-7-6-9-21(13-17)28-24(31)16-34-23-10-5-4-8-20(23)15-27-30-26(33)25(32)29-22-12-11-18(2)19(3)14-22/h4-15H,16H2,1-3H3,(H,28,31)(H,29,32)(H,30,33)/b27-15-. The predicted octanol–water partition coefficient (Wildman–Crippen LogP) is 3.72. The summed E-state index contributed by atoms with van der Waals surface area (Å²) in [6, 6.07) is 19.7. The highest BCUT2D eigenvalue weighted by Crippen LogP contribution is 2.16. The predicted molar refractivity (Wildman–Crippen MR) is 132 cm³/mol. The molecule has 0 saturated carbocycles. The van der Waals surface area contributed by atoms with Crippen LogP contribution in [0.2, 0.25) is 0 Å². The summed E-state index contributed by atoms with van der Waals surface area (Å²) in [6.07, 6.45) is 1.34. The summed E-state index contributed by atoms with van der Waals surface area (Å²) in [7, 11) is 0.